The van der Waals surface area contributed by atoms with Gasteiger partial charge in [-0.15, -0.1) is 0 Å². The molecular weight excluding hydrogens is 338 g/mol. The minimum atomic E-state index is 0.530. The molecule has 0 N–H and O–H groups in total. The molecule has 0 saturated carbocycles. The second kappa shape index (κ2) is 14.7. The Hall–Kier alpha value is -0.200. The molecule has 0 spiro atoms. The van der Waals surface area contributed by atoms with Crippen LogP contribution in [-0.4, -0.2) is 98.5 Å². The zero-order valence-corrected chi connectivity index (χ0v) is 19.1. The van der Waals surface area contributed by atoms with Crippen molar-refractivity contribution < 1.29 is 9.47 Å². The van der Waals surface area contributed by atoms with Crippen LogP contribution in [0.5, 0.6) is 0 Å². The predicted molar refractivity (Wildman–Crippen MR) is 116 cm³/mol. The van der Waals surface area contributed by atoms with Gasteiger partial charge in [-0.05, 0) is 67.5 Å². The summed E-state index contributed by atoms with van der Waals surface area (Å²) >= 11 is 0. The maximum Gasteiger partial charge on any atom is 0.0594 e. The molecule has 162 valence electrons. The van der Waals surface area contributed by atoms with E-state index in [1.165, 1.54) is 32.4 Å². The molecule has 5 heteroatoms. The van der Waals surface area contributed by atoms with Gasteiger partial charge in [0.05, 0.1) is 26.4 Å². The second-order valence-corrected chi connectivity index (χ2v) is 8.67. The normalized spacial score (nSPS) is 23.0. The van der Waals surface area contributed by atoms with Crippen molar-refractivity contribution in [2.24, 2.45) is 0 Å². The minimum Gasteiger partial charge on any atom is -0.379 e. The first-order valence-corrected chi connectivity index (χ1v) is 11.3. The number of ether oxygens (including phenoxy) is 2. The molecule has 1 aliphatic rings. The van der Waals surface area contributed by atoms with E-state index in [0.29, 0.717) is 18.1 Å². The fraction of sp³-hybridized carbons (Fsp3) is 1.00. The van der Waals surface area contributed by atoms with Gasteiger partial charge in [0, 0.05) is 44.3 Å². The van der Waals surface area contributed by atoms with E-state index in [-0.39, 0.29) is 0 Å². The largest absolute Gasteiger partial charge is 0.379 e. The first-order valence-electron chi connectivity index (χ1n) is 11.3. The van der Waals surface area contributed by atoms with Crippen molar-refractivity contribution in [3.63, 3.8) is 0 Å². The van der Waals surface area contributed by atoms with E-state index in [4.69, 9.17) is 9.47 Å². The molecule has 0 aromatic carbocycles. The zero-order chi connectivity index (χ0) is 20.1. The average Bonchev–Trinajstić information content (AvgIpc) is 2.60. The van der Waals surface area contributed by atoms with Gasteiger partial charge in [-0.3, -0.25) is 14.7 Å². The summed E-state index contributed by atoms with van der Waals surface area (Å²) in [5.74, 6) is 0. The Balaban J connectivity index is 2.56. The van der Waals surface area contributed by atoms with Crippen LogP contribution in [0, 0.1) is 0 Å². The number of hydrogen-bond donors (Lipinski definition) is 0. The standard InChI is InChI=1S/C22H47N3O2/c1-20(2)23-10-8-7-9-11-24(21(3)4)13-17-27-19-15-25(22(5)6)14-18-26-16-12-23/h20-22H,7-19H2,1-6H3. The number of rotatable bonds is 3. The molecule has 1 aliphatic heterocycles. The molecule has 0 radical (unpaired) electrons. The van der Waals surface area contributed by atoms with E-state index < -0.39 is 0 Å². The van der Waals surface area contributed by atoms with E-state index in [1.807, 2.05) is 0 Å². The summed E-state index contributed by atoms with van der Waals surface area (Å²) in [4.78, 5) is 7.60. The van der Waals surface area contributed by atoms with E-state index in [0.717, 1.165) is 52.6 Å². The summed E-state index contributed by atoms with van der Waals surface area (Å²) in [5, 5.41) is 0. The molecule has 5 nitrogen and oxygen atoms in total. The summed E-state index contributed by atoms with van der Waals surface area (Å²) in [7, 11) is 0. The molecule has 1 heterocycles. The molecule has 1 fully saturated rings. The smallest absolute Gasteiger partial charge is 0.0594 e. The van der Waals surface area contributed by atoms with Gasteiger partial charge in [-0.25, -0.2) is 0 Å². The van der Waals surface area contributed by atoms with Crippen LogP contribution in [0.25, 0.3) is 0 Å². The summed E-state index contributed by atoms with van der Waals surface area (Å²) in [6.07, 6.45) is 3.86. The van der Waals surface area contributed by atoms with Gasteiger partial charge in [0.1, 0.15) is 0 Å². The van der Waals surface area contributed by atoms with E-state index in [2.05, 4.69) is 56.2 Å². The molecule has 27 heavy (non-hydrogen) atoms. The Kier molecular flexibility index (Phi) is 13.6. The molecule has 0 unspecified atom stereocenters. The highest BCUT2D eigenvalue weighted by molar-refractivity contribution is 4.67. The van der Waals surface area contributed by atoms with Gasteiger partial charge in [-0.1, -0.05) is 6.42 Å². The lowest BCUT2D eigenvalue weighted by atomic mass is 10.2. The average molecular weight is 386 g/mol. The van der Waals surface area contributed by atoms with E-state index in [9.17, 15) is 0 Å². The maximum absolute atomic E-state index is 5.95. The lowest BCUT2D eigenvalue weighted by Gasteiger charge is -2.29. The van der Waals surface area contributed by atoms with E-state index >= 15 is 0 Å². The van der Waals surface area contributed by atoms with Gasteiger partial charge in [-0.2, -0.15) is 0 Å². The SMILES string of the molecule is CC(C)N1CCCCCN(C(C)C)CCOCCN(C(C)C)CCOCC1. The molecule has 0 amide bonds. The third kappa shape index (κ3) is 11.4. The highest BCUT2D eigenvalue weighted by Gasteiger charge is 2.13. The molecule has 1 rings (SSSR count). The zero-order valence-electron chi connectivity index (χ0n) is 19.1. The Morgan fingerprint density at radius 2 is 0.741 bits per heavy atom. The van der Waals surface area contributed by atoms with Gasteiger partial charge in [0.25, 0.3) is 0 Å². The lowest BCUT2D eigenvalue weighted by molar-refractivity contribution is 0.0428. The molecule has 0 aromatic rings. The highest BCUT2D eigenvalue weighted by Crippen LogP contribution is 2.07. The van der Waals surface area contributed by atoms with Crippen molar-refractivity contribution in [1.29, 1.82) is 0 Å². The van der Waals surface area contributed by atoms with Crippen LogP contribution in [0.2, 0.25) is 0 Å². The van der Waals surface area contributed by atoms with Crippen LogP contribution in [0.15, 0.2) is 0 Å². The van der Waals surface area contributed by atoms with Crippen molar-refractivity contribution in [3.05, 3.63) is 0 Å². The maximum atomic E-state index is 5.95. The summed E-state index contributed by atoms with van der Waals surface area (Å²) < 4.78 is 11.9. The molecule has 0 atom stereocenters. The van der Waals surface area contributed by atoms with E-state index in [1.54, 1.807) is 0 Å². The number of nitrogens with zero attached hydrogens (tertiary/aromatic N) is 3. The number of hydrogen-bond acceptors (Lipinski definition) is 5. The van der Waals surface area contributed by atoms with Crippen molar-refractivity contribution in [3.8, 4) is 0 Å². The van der Waals surface area contributed by atoms with Gasteiger partial charge < -0.3 is 9.47 Å². The Morgan fingerprint density at radius 3 is 1.04 bits per heavy atom. The van der Waals surface area contributed by atoms with Crippen LogP contribution < -0.4 is 0 Å². The van der Waals surface area contributed by atoms with Crippen molar-refractivity contribution in [2.45, 2.75) is 78.9 Å². The van der Waals surface area contributed by atoms with Crippen LogP contribution in [0.4, 0.5) is 0 Å². The Labute approximate surface area is 169 Å². The van der Waals surface area contributed by atoms with Gasteiger partial charge >= 0.3 is 0 Å². The van der Waals surface area contributed by atoms with Crippen LogP contribution in [0.3, 0.4) is 0 Å². The molecule has 0 aliphatic carbocycles. The van der Waals surface area contributed by atoms with Gasteiger partial charge in [0.2, 0.25) is 0 Å². The lowest BCUT2D eigenvalue weighted by Crippen LogP contribution is -2.39. The summed E-state index contributed by atoms with van der Waals surface area (Å²) in [6.45, 7) is 23.4. The topological polar surface area (TPSA) is 28.2 Å². The molecular formula is C22H47N3O2. The van der Waals surface area contributed by atoms with Crippen molar-refractivity contribution >= 4 is 0 Å². The Bertz CT molecular complexity index is 280. The second-order valence-electron chi connectivity index (χ2n) is 8.67. The summed E-state index contributed by atoms with van der Waals surface area (Å²) in [6, 6.07) is 1.72. The van der Waals surface area contributed by atoms with Crippen LogP contribution in [0.1, 0.15) is 60.8 Å². The highest BCUT2D eigenvalue weighted by atomic mass is 16.5. The van der Waals surface area contributed by atoms with Gasteiger partial charge in [0.15, 0.2) is 0 Å². The van der Waals surface area contributed by atoms with Crippen molar-refractivity contribution in [1.82, 2.24) is 14.7 Å². The minimum absolute atomic E-state index is 0.530. The summed E-state index contributed by atoms with van der Waals surface area (Å²) in [5.41, 5.74) is 0. The molecule has 1 saturated heterocycles. The quantitative estimate of drug-likeness (QED) is 0.743. The first kappa shape index (κ1) is 24.8. The molecule has 0 bridgehead atoms. The predicted octanol–water partition coefficient (Wildman–Crippen LogP) is 3.33. The van der Waals surface area contributed by atoms with Crippen LogP contribution in [-0.2, 0) is 9.47 Å². The Morgan fingerprint density at radius 1 is 0.444 bits per heavy atom. The third-order valence-corrected chi connectivity index (χ3v) is 5.67. The van der Waals surface area contributed by atoms with Crippen LogP contribution >= 0.6 is 0 Å². The first-order chi connectivity index (χ1) is 12.9. The third-order valence-electron chi connectivity index (χ3n) is 5.67. The fourth-order valence-electron chi connectivity index (χ4n) is 3.62. The fourth-order valence-corrected chi connectivity index (χ4v) is 3.62. The monoisotopic (exact) mass is 385 g/mol. The molecule has 0 aromatic heterocycles. The van der Waals surface area contributed by atoms with Crippen molar-refractivity contribution in [2.75, 3.05) is 65.7 Å².